The van der Waals surface area contributed by atoms with Crippen molar-refractivity contribution < 1.29 is 4.79 Å². The summed E-state index contributed by atoms with van der Waals surface area (Å²) in [5, 5.41) is 2.85. The summed E-state index contributed by atoms with van der Waals surface area (Å²) in [6, 6.07) is 6.60. The first kappa shape index (κ1) is 15.1. The second kappa shape index (κ2) is 6.28. The molecule has 1 rings (SSSR count). The summed E-state index contributed by atoms with van der Waals surface area (Å²) < 4.78 is 0. The Balaban J connectivity index is 2.73. The van der Waals surface area contributed by atoms with E-state index in [1.54, 1.807) is 0 Å². The largest absolute Gasteiger partial charge is 0.355 e. The third-order valence-electron chi connectivity index (χ3n) is 3.08. The van der Waals surface area contributed by atoms with Gasteiger partial charge in [-0.25, -0.2) is 0 Å². The van der Waals surface area contributed by atoms with Gasteiger partial charge in [0.05, 0.1) is 5.75 Å². The van der Waals surface area contributed by atoms with Crippen molar-refractivity contribution in [3.8, 4) is 0 Å². The Labute approximate surface area is 116 Å². The van der Waals surface area contributed by atoms with Crippen LogP contribution in [0.15, 0.2) is 18.2 Å². The average molecular weight is 265 g/mol. The monoisotopic (exact) mass is 265 g/mol. The quantitative estimate of drug-likeness (QED) is 0.805. The zero-order chi connectivity index (χ0) is 13.8. The van der Waals surface area contributed by atoms with Gasteiger partial charge in [0, 0.05) is 6.54 Å². The molecule has 0 radical (unpaired) electrons. The van der Waals surface area contributed by atoms with Crippen LogP contribution in [0.25, 0.3) is 0 Å². The molecule has 3 heteroatoms. The molecule has 0 bridgehead atoms. The fraction of sp³-hybridized carbons (Fsp3) is 0.533. The van der Waals surface area contributed by atoms with Crippen LogP contribution in [0.4, 0.5) is 0 Å². The number of hydrogen-bond acceptors (Lipinski definition) is 2. The highest BCUT2D eigenvalue weighted by molar-refractivity contribution is 7.81. The molecule has 0 aromatic heterocycles. The molecular weight excluding hydrogens is 242 g/mol. The van der Waals surface area contributed by atoms with E-state index in [0.29, 0.717) is 6.54 Å². The van der Waals surface area contributed by atoms with Crippen molar-refractivity contribution in [1.82, 2.24) is 5.32 Å². The van der Waals surface area contributed by atoms with E-state index in [1.807, 2.05) is 0 Å². The maximum absolute atomic E-state index is 11.1. The van der Waals surface area contributed by atoms with Crippen molar-refractivity contribution >= 4 is 18.5 Å². The van der Waals surface area contributed by atoms with E-state index < -0.39 is 0 Å². The molecule has 2 nitrogen and oxygen atoms in total. The standard InChI is InChI=1S/C15H23NOS/c1-11-5-6-13(15(2,3)4)9-12(11)7-8-16-14(17)10-18/h5-6,9,18H,7-8,10H2,1-4H3,(H,16,17). The van der Waals surface area contributed by atoms with E-state index >= 15 is 0 Å². The number of carbonyl (C=O) groups is 1. The van der Waals surface area contributed by atoms with Gasteiger partial charge in [-0.15, -0.1) is 0 Å². The Hall–Kier alpha value is -0.960. The van der Waals surface area contributed by atoms with Gasteiger partial charge in [0.1, 0.15) is 0 Å². The van der Waals surface area contributed by atoms with Gasteiger partial charge in [-0.1, -0.05) is 39.0 Å². The minimum atomic E-state index is -0.0111. The third-order valence-corrected chi connectivity index (χ3v) is 3.36. The van der Waals surface area contributed by atoms with Crippen molar-refractivity contribution in [1.29, 1.82) is 0 Å². The number of aryl methyl sites for hydroxylation is 1. The smallest absolute Gasteiger partial charge is 0.229 e. The van der Waals surface area contributed by atoms with Crippen molar-refractivity contribution in [2.24, 2.45) is 0 Å². The van der Waals surface area contributed by atoms with Gasteiger partial charge in [-0.2, -0.15) is 12.6 Å². The second-order valence-electron chi connectivity index (χ2n) is 5.65. The highest BCUT2D eigenvalue weighted by atomic mass is 32.1. The molecule has 0 aliphatic carbocycles. The van der Waals surface area contributed by atoms with Crippen molar-refractivity contribution in [3.05, 3.63) is 34.9 Å². The first-order valence-corrected chi connectivity index (χ1v) is 6.95. The van der Waals surface area contributed by atoms with Crippen LogP contribution in [0.1, 0.15) is 37.5 Å². The highest BCUT2D eigenvalue weighted by Gasteiger charge is 2.14. The Morgan fingerprint density at radius 2 is 2.00 bits per heavy atom. The van der Waals surface area contributed by atoms with Crippen molar-refractivity contribution in [2.45, 2.75) is 39.5 Å². The van der Waals surface area contributed by atoms with Crippen LogP contribution in [0.5, 0.6) is 0 Å². The topological polar surface area (TPSA) is 29.1 Å². The molecule has 100 valence electrons. The predicted molar refractivity (Wildman–Crippen MR) is 80.4 cm³/mol. The summed E-state index contributed by atoms with van der Waals surface area (Å²) in [4.78, 5) is 11.1. The predicted octanol–water partition coefficient (Wildman–Crippen LogP) is 2.88. The number of rotatable bonds is 4. The van der Waals surface area contributed by atoms with Gasteiger partial charge < -0.3 is 5.32 Å². The average Bonchev–Trinajstić information content (AvgIpc) is 2.29. The summed E-state index contributed by atoms with van der Waals surface area (Å²) in [6.07, 6.45) is 0.870. The Morgan fingerprint density at radius 3 is 2.56 bits per heavy atom. The molecule has 0 atom stereocenters. The number of nitrogens with one attached hydrogen (secondary N) is 1. The van der Waals surface area contributed by atoms with Crippen molar-refractivity contribution in [3.63, 3.8) is 0 Å². The lowest BCUT2D eigenvalue weighted by molar-refractivity contribution is -0.118. The fourth-order valence-corrected chi connectivity index (χ4v) is 1.91. The number of thiol groups is 1. The Morgan fingerprint density at radius 1 is 1.33 bits per heavy atom. The molecule has 0 saturated carbocycles. The van der Waals surface area contributed by atoms with Crippen LogP contribution in [0.2, 0.25) is 0 Å². The van der Waals surface area contributed by atoms with Gasteiger partial charge in [0.15, 0.2) is 0 Å². The molecule has 0 aliphatic rings. The van der Waals surface area contributed by atoms with Gasteiger partial charge in [-0.3, -0.25) is 4.79 Å². The maximum Gasteiger partial charge on any atom is 0.229 e. The number of benzene rings is 1. The second-order valence-corrected chi connectivity index (χ2v) is 5.97. The van der Waals surface area contributed by atoms with Crippen LogP contribution in [-0.4, -0.2) is 18.2 Å². The number of hydrogen-bond donors (Lipinski definition) is 2. The molecule has 1 N–H and O–H groups in total. The summed E-state index contributed by atoms with van der Waals surface area (Å²) >= 11 is 3.94. The normalized spacial score (nSPS) is 11.4. The molecule has 0 heterocycles. The highest BCUT2D eigenvalue weighted by Crippen LogP contribution is 2.24. The molecule has 0 fully saturated rings. The van der Waals surface area contributed by atoms with Gasteiger partial charge >= 0.3 is 0 Å². The minimum Gasteiger partial charge on any atom is -0.355 e. The van der Waals surface area contributed by atoms with Gasteiger partial charge in [-0.05, 0) is 35.4 Å². The lowest BCUT2D eigenvalue weighted by atomic mass is 9.85. The van der Waals surface area contributed by atoms with E-state index in [9.17, 15) is 4.79 Å². The zero-order valence-electron chi connectivity index (χ0n) is 11.7. The molecular formula is C15H23NOS. The molecule has 18 heavy (non-hydrogen) atoms. The first-order chi connectivity index (χ1) is 8.34. The summed E-state index contributed by atoms with van der Waals surface area (Å²) in [7, 11) is 0. The van der Waals surface area contributed by atoms with Crippen molar-refractivity contribution in [2.75, 3.05) is 12.3 Å². The first-order valence-electron chi connectivity index (χ1n) is 6.32. The molecule has 0 spiro atoms. The number of carbonyl (C=O) groups excluding carboxylic acids is 1. The molecule has 0 unspecified atom stereocenters. The Bertz CT molecular complexity index is 421. The van der Waals surface area contributed by atoms with E-state index in [0.717, 1.165) is 6.42 Å². The van der Waals surface area contributed by atoms with Gasteiger partial charge in [0.2, 0.25) is 5.91 Å². The zero-order valence-corrected chi connectivity index (χ0v) is 12.6. The van der Waals surface area contributed by atoms with E-state index in [4.69, 9.17) is 0 Å². The molecule has 0 saturated heterocycles. The summed E-state index contributed by atoms with van der Waals surface area (Å²) in [6.45, 7) is 9.43. The lowest BCUT2D eigenvalue weighted by Crippen LogP contribution is -2.26. The lowest BCUT2D eigenvalue weighted by Gasteiger charge is -2.21. The van der Waals surface area contributed by atoms with Crippen LogP contribution in [-0.2, 0) is 16.6 Å². The fourth-order valence-electron chi connectivity index (χ4n) is 1.80. The minimum absolute atomic E-state index is 0.0111. The van der Waals surface area contributed by atoms with E-state index in [2.05, 4.69) is 63.8 Å². The van der Waals surface area contributed by atoms with Gasteiger partial charge in [0.25, 0.3) is 0 Å². The summed E-state index contributed by atoms with van der Waals surface area (Å²) in [5.74, 6) is 0.240. The van der Waals surface area contributed by atoms with E-state index in [1.165, 1.54) is 16.7 Å². The number of amides is 1. The summed E-state index contributed by atoms with van der Waals surface area (Å²) in [5.41, 5.74) is 4.09. The van der Waals surface area contributed by atoms with Crippen LogP contribution in [0.3, 0.4) is 0 Å². The molecule has 1 aromatic rings. The third kappa shape index (κ3) is 4.37. The van der Waals surface area contributed by atoms with Crippen LogP contribution < -0.4 is 5.32 Å². The molecule has 1 amide bonds. The Kier molecular flexibility index (Phi) is 5.27. The van der Waals surface area contributed by atoms with Crippen LogP contribution >= 0.6 is 12.6 Å². The molecule has 0 aliphatic heterocycles. The maximum atomic E-state index is 11.1. The SMILES string of the molecule is Cc1ccc(C(C)(C)C)cc1CCNC(=O)CS. The van der Waals surface area contributed by atoms with Crippen LogP contribution in [0, 0.1) is 6.92 Å². The van der Waals surface area contributed by atoms with E-state index in [-0.39, 0.29) is 17.1 Å². The molecule has 1 aromatic carbocycles.